The summed E-state index contributed by atoms with van der Waals surface area (Å²) in [5.74, 6) is 0. The van der Waals surface area contributed by atoms with Gasteiger partial charge in [0.15, 0.2) is 0 Å². The lowest BCUT2D eigenvalue weighted by atomic mass is 10.2. The zero-order valence-corrected chi connectivity index (χ0v) is 7.47. The summed E-state index contributed by atoms with van der Waals surface area (Å²) in [6, 6.07) is 5.16. The van der Waals surface area contributed by atoms with Gasteiger partial charge in [-0.25, -0.2) is 9.37 Å². The predicted molar refractivity (Wildman–Crippen MR) is 49.8 cm³/mol. The van der Waals surface area contributed by atoms with Crippen LogP contribution in [0.4, 0.5) is 4.39 Å². The van der Waals surface area contributed by atoms with Gasteiger partial charge in [0.1, 0.15) is 18.0 Å². The number of thiazole rings is 1. The third-order valence-electron chi connectivity index (χ3n) is 1.71. The molecule has 0 aliphatic heterocycles. The normalized spacial score (nSPS) is 10.5. The summed E-state index contributed by atoms with van der Waals surface area (Å²) in [7, 11) is 0. The van der Waals surface area contributed by atoms with E-state index in [2.05, 4.69) is 4.98 Å². The van der Waals surface area contributed by atoms with Crippen LogP contribution in [0.5, 0.6) is 0 Å². The van der Waals surface area contributed by atoms with Gasteiger partial charge in [0.05, 0.1) is 10.2 Å². The number of hydrogen-bond acceptors (Lipinski definition) is 3. The van der Waals surface area contributed by atoms with Crippen LogP contribution in [-0.2, 0) is 6.67 Å². The highest BCUT2D eigenvalue weighted by Crippen LogP contribution is 2.23. The lowest BCUT2D eigenvalue weighted by Crippen LogP contribution is -1.78. The number of alkyl halides is 1. The van der Waals surface area contributed by atoms with E-state index in [0.717, 1.165) is 11.0 Å². The van der Waals surface area contributed by atoms with Gasteiger partial charge in [-0.3, -0.25) is 4.79 Å². The minimum atomic E-state index is -0.546. The zero-order valence-electron chi connectivity index (χ0n) is 6.66. The Hall–Kier alpha value is -1.29. The third kappa shape index (κ3) is 1.45. The molecule has 66 valence electrons. The van der Waals surface area contributed by atoms with E-state index >= 15 is 0 Å². The van der Waals surface area contributed by atoms with Crippen molar-refractivity contribution in [3.63, 3.8) is 0 Å². The fourth-order valence-corrected chi connectivity index (χ4v) is 1.92. The Labute approximate surface area is 78.0 Å². The molecular formula is C9H6FNOS. The molecule has 0 radical (unpaired) electrons. The number of benzene rings is 1. The average molecular weight is 195 g/mol. The predicted octanol–water partition coefficient (Wildman–Crippen LogP) is 2.58. The van der Waals surface area contributed by atoms with Crippen LogP contribution in [0.25, 0.3) is 10.2 Å². The molecule has 0 fully saturated rings. The van der Waals surface area contributed by atoms with Crippen LogP contribution >= 0.6 is 11.3 Å². The van der Waals surface area contributed by atoms with Crippen LogP contribution < -0.4 is 0 Å². The second-order valence-corrected chi connectivity index (χ2v) is 3.70. The second kappa shape index (κ2) is 3.22. The molecule has 0 bridgehead atoms. The van der Waals surface area contributed by atoms with Gasteiger partial charge >= 0.3 is 0 Å². The van der Waals surface area contributed by atoms with Crippen molar-refractivity contribution >= 4 is 27.8 Å². The van der Waals surface area contributed by atoms with E-state index in [0.29, 0.717) is 16.1 Å². The molecule has 0 saturated carbocycles. The molecule has 0 N–H and O–H groups in total. The summed E-state index contributed by atoms with van der Waals surface area (Å²) in [5, 5.41) is 0.457. The first-order valence-electron chi connectivity index (χ1n) is 3.74. The maximum atomic E-state index is 12.2. The maximum Gasteiger partial charge on any atom is 0.150 e. The molecular weight excluding hydrogens is 189 g/mol. The van der Waals surface area contributed by atoms with E-state index in [9.17, 15) is 9.18 Å². The quantitative estimate of drug-likeness (QED) is 0.689. The minimum absolute atomic E-state index is 0.457. The number of carbonyl (C=O) groups excluding carboxylic acids is 1. The molecule has 0 aliphatic carbocycles. The van der Waals surface area contributed by atoms with Gasteiger partial charge in [0.25, 0.3) is 0 Å². The van der Waals surface area contributed by atoms with Gasteiger partial charge in [0, 0.05) is 5.56 Å². The molecule has 1 aromatic heterocycles. The molecule has 0 amide bonds. The molecule has 2 aromatic rings. The van der Waals surface area contributed by atoms with E-state index in [4.69, 9.17) is 0 Å². The highest BCUT2D eigenvalue weighted by atomic mass is 32.1. The fraction of sp³-hybridized carbons (Fsp3) is 0.111. The second-order valence-electron chi connectivity index (χ2n) is 2.59. The van der Waals surface area contributed by atoms with Gasteiger partial charge in [-0.2, -0.15) is 0 Å². The molecule has 4 heteroatoms. The monoisotopic (exact) mass is 195 g/mol. The van der Waals surface area contributed by atoms with Gasteiger partial charge in [0.2, 0.25) is 0 Å². The smallest absolute Gasteiger partial charge is 0.150 e. The lowest BCUT2D eigenvalue weighted by molar-refractivity contribution is 0.112. The molecule has 0 unspecified atom stereocenters. The summed E-state index contributed by atoms with van der Waals surface area (Å²) >= 11 is 1.31. The Morgan fingerprint density at radius 1 is 1.54 bits per heavy atom. The Kier molecular flexibility index (Phi) is 2.06. The van der Waals surface area contributed by atoms with Crippen LogP contribution in [-0.4, -0.2) is 11.3 Å². The molecule has 1 heterocycles. The standard InChI is InChI=1S/C9H6FNOS/c10-4-9-11-7-3-6(5-12)1-2-8(7)13-9/h1-3,5H,4H2. The zero-order chi connectivity index (χ0) is 9.26. The van der Waals surface area contributed by atoms with Gasteiger partial charge < -0.3 is 0 Å². The number of aromatic nitrogens is 1. The van der Waals surface area contributed by atoms with Crippen LogP contribution in [0.15, 0.2) is 18.2 Å². The molecule has 2 rings (SSSR count). The van der Waals surface area contributed by atoms with Crippen LogP contribution in [0.1, 0.15) is 15.4 Å². The number of carbonyl (C=O) groups is 1. The van der Waals surface area contributed by atoms with Crippen LogP contribution in [0.2, 0.25) is 0 Å². The number of hydrogen-bond donors (Lipinski definition) is 0. The Morgan fingerprint density at radius 2 is 2.38 bits per heavy atom. The molecule has 0 aliphatic rings. The first-order chi connectivity index (χ1) is 6.33. The van der Waals surface area contributed by atoms with Crippen molar-refractivity contribution in [2.45, 2.75) is 6.67 Å². The van der Waals surface area contributed by atoms with E-state index in [-0.39, 0.29) is 0 Å². The molecule has 13 heavy (non-hydrogen) atoms. The van der Waals surface area contributed by atoms with Crippen molar-refractivity contribution in [3.05, 3.63) is 28.8 Å². The summed E-state index contributed by atoms with van der Waals surface area (Å²) < 4.78 is 13.1. The van der Waals surface area contributed by atoms with Crippen molar-refractivity contribution in [3.8, 4) is 0 Å². The SMILES string of the molecule is O=Cc1ccc2sc(CF)nc2c1. The Bertz CT molecular complexity index is 452. The molecule has 0 spiro atoms. The molecule has 0 atom stereocenters. The van der Waals surface area contributed by atoms with E-state index in [1.54, 1.807) is 18.2 Å². The van der Waals surface area contributed by atoms with E-state index in [1.807, 2.05) is 0 Å². The summed E-state index contributed by atoms with van der Waals surface area (Å²) in [5.41, 5.74) is 1.27. The van der Waals surface area contributed by atoms with E-state index in [1.165, 1.54) is 11.3 Å². The summed E-state index contributed by atoms with van der Waals surface area (Å²) in [6.07, 6.45) is 0.758. The molecule has 2 nitrogen and oxygen atoms in total. The Morgan fingerprint density at radius 3 is 3.08 bits per heavy atom. The third-order valence-corrected chi connectivity index (χ3v) is 2.71. The number of fused-ring (bicyclic) bond motifs is 1. The number of nitrogens with zero attached hydrogens (tertiary/aromatic N) is 1. The van der Waals surface area contributed by atoms with Gasteiger partial charge in [-0.15, -0.1) is 11.3 Å². The first-order valence-corrected chi connectivity index (χ1v) is 4.56. The maximum absolute atomic E-state index is 12.2. The first kappa shape index (κ1) is 8.31. The largest absolute Gasteiger partial charge is 0.298 e. The number of aldehydes is 1. The molecule has 1 aromatic carbocycles. The highest BCUT2D eigenvalue weighted by Gasteiger charge is 2.03. The number of rotatable bonds is 2. The lowest BCUT2D eigenvalue weighted by Gasteiger charge is -1.87. The minimum Gasteiger partial charge on any atom is -0.298 e. The summed E-state index contributed by atoms with van der Waals surface area (Å²) in [4.78, 5) is 14.5. The Balaban J connectivity index is 2.63. The van der Waals surface area contributed by atoms with Crippen molar-refractivity contribution in [2.24, 2.45) is 0 Å². The van der Waals surface area contributed by atoms with Crippen molar-refractivity contribution in [2.75, 3.05) is 0 Å². The van der Waals surface area contributed by atoms with Gasteiger partial charge in [-0.05, 0) is 12.1 Å². The topological polar surface area (TPSA) is 30.0 Å². The highest BCUT2D eigenvalue weighted by molar-refractivity contribution is 7.18. The summed E-state index contributed by atoms with van der Waals surface area (Å²) in [6.45, 7) is -0.546. The number of halogens is 1. The fourth-order valence-electron chi connectivity index (χ4n) is 1.12. The van der Waals surface area contributed by atoms with E-state index < -0.39 is 6.67 Å². The van der Waals surface area contributed by atoms with Crippen molar-refractivity contribution in [1.29, 1.82) is 0 Å². The van der Waals surface area contributed by atoms with Crippen LogP contribution in [0.3, 0.4) is 0 Å². The molecule has 0 saturated heterocycles. The van der Waals surface area contributed by atoms with Crippen molar-refractivity contribution in [1.82, 2.24) is 4.98 Å². The van der Waals surface area contributed by atoms with Crippen molar-refractivity contribution < 1.29 is 9.18 Å². The average Bonchev–Trinajstić information content (AvgIpc) is 2.58. The van der Waals surface area contributed by atoms with Crippen LogP contribution in [0, 0.1) is 0 Å². The van der Waals surface area contributed by atoms with Gasteiger partial charge in [-0.1, -0.05) is 6.07 Å².